The normalized spacial score (nSPS) is 13.3. The van der Waals surface area contributed by atoms with Gasteiger partial charge in [-0.05, 0) is 53.6 Å². The van der Waals surface area contributed by atoms with Crippen molar-refractivity contribution in [1.82, 2.24) is 4.90 Å². The Morgan fingerprint density at radius 1 is 0.944 bits per heavy atom. The maximum absolute atomic E-state index is 13.1. The Morgan fingerprint density at radius 3 is 2.11 bits per heavy atom. The summed E-state index contributed by atoms with van der Waals surface area (Å²) in [4.78, 5) is 38.4. The molecule has 1 aliphatic heterocycles. The number of hydrogen-bond donors (Lipinski definition) is 2. The van der Waals surface area contributed by atoms with E-state index in [0.717, 1.165) is 16.8 Å². The van der Waals surface area contributed by atoms with E-state index in [1.54, 1.807) is 34.1 Å². The fourth-order valence-electron chi connectivity index (χ4n) is 3.45. The first-order valence-electron chi connectivity index (χ1n) is 10.5. The molecule has 0 aromatic heterocycles. The van der Waals surface area contributed by atoms with Crippen molar-refractivity contribution in [2.24, 2.45) is 0 Å². The molecule has 0 atom stereocenters. The Labute approximate surface area is 209 Å². The van der Waals surface area contributed by atoms with Crippen molar-refractivity contribution in [2.45, 2.75) is 19.3 Å². The number of alkyl halides is 3. The van der Waals surface area contributed by atoms with Crippen molar-refractivity contribution in [3.05, 3.63) is 94.5 Å². The molecular formula is C25H21ClF3N3O4. The van der Waals surface area contributed by atoms with Crippen molar-refractivity contribution >= 4 is 40.8 Å². The fourth-order valence-corrected chi connectivity index (χ4v) is 3.58. The van der Waals surface area contributed by atoms with E-state index in [1.165, 1.54) is 0 Å². The summed E-state index contributed by atoms with van der Waals surface area (Å²) in [6, 6.07) is 21.9. The number of halogens is 4. The number of rotatable bonds is 3. The highest BCUT2D eigenvalue weighted by molar-refractivity contribution is 6.30. The highest BCUT2D eigenvalue weighted by Crippen LogP contribution is 2.28. The number of benzene rings is 3. The van der Waals surface area contributed by atoms with Crippen LogP contribution in [-0.4, -0.2) is 40.5 Å². The van der Waals surface area contributed by atoms with Gasteiger partial charge in [0.05, 0.1) is 6.54 Å². The molecule has 3 aromatic carbocycles. The molecule has 1 heterocycles. The van der Waals surface area contributed by atoms with E-state index in [-0.39, 0.29) is 18.4 Å². The summed E-state index contributed by atoms with van der Waals surface area (Å²) in [5, 5.41) is 7.69. The van der Waals surface area contributed by atoms with Crippen LogP contribution in [0.15, 0.2) is 72.8 Å². The van der Waals surface area contributed by atoms with E-state index < -0.39 is 12.1 Å². The van der Waals surface area contributed by atoms with Gasteiger partial charge in [-0.2, -0.15) is 13.2 Å². The van der Waals surface area contributed by atoms with Gasteiger partial charge in [-0.15, -0.1) is 0 Å². The number of hydrogen-bond acceptors (Lipinski definition) is 4. The molecular weight excluding hydrogens is 499 g/mol. The summed E-state index contributed by atoms with van der Waals surface area (Å²) in [7, 11) is 0. The third kappa shape index (κ3) is 6.76. The molecule has 1 aliphatic rings. The second-order valence-electron chi connectivity index (χ2n) is 7.82. The average molecular weight is 520 g/mol. The molecule has 36 heavy (non-hydrogen) atoms. The summed E-state index contributed by atoms with van der Waals surface area (Å²) in [6.07, 6.45) is -5.08. The largest absolute Gasteiger partial charge is 0.490 e. The number of carboxylic acids is 1. The molecule has 0 bridgehead atoms. The van der Waals surface area contributed by atoms with Crippen molar-refractivity contribution in [2.75, 3.05) is 17.2 Å². The third-order valence-corrected chi connectivity index (χ3v) is 5.46. The van der Waals surface area contributed by atoms with E-state index in [0.29, 0.717) is 29.4 Å². The number of aliphatic carboxylic acids is 1. The first-order chi connectivity index (χ1) is 17.0. The molecule has 0 radical (unpaired) electrons. The summed E-state index contributed by atoms with van der Waals surface area (Å²) in [5.74, 6) is -3.08. The molecule has 0 unspecified atom stereocenters. The van der Waals surface area contributed by atoms with Crippen molar-refractivity contribution in [1.29, 1.82) is 0 Å². The van der Waals surface area contributed by atoms with E-state index in [9.17, 15) is 22.8 Å². The van der Waals surface area contributed by atoms with Gasteiger partial charge in [0, 0.05) is 28.5 Å². The van der Waals surface area contributed by atoms with Crippen LogP contribution in [0.4, 0.5) is 24.5 Å². The first-order valence-corrected chi connectivity index (χ1v) is 10.9. The zero-order chi connectivity index (χ0) is 26.5. The SMILES string of the molecule is Nc1ccc(CN2C(=O)CN(C(=O)c3ccc(Cl)cc3)Cc3ccccc32)cc1.O=C(O)C(F)(F)F. The van der Waals surface area contributed by atoms with Crippen molar-refractivity contribution in [3.63, 3.8) is 0 Å². The monoisotopic (exact) mass is 519 g/mol. The molecule has 2 amide bonds. The van der Waals surface area contributed by atoms with Gasteiger partial charge in [0.2, 0.25) is 5.91 Å². The number of carboxylic acid groups (broad SMARTS) is 1. The van der Waals surface area contributed by atoms with E-state index in [4.69, 9.17) is 27.2 Å². The number of nitrogens with two attached hydrogens (primary N) is 1. The minimum Gasteiger partial charge on any atom is -0.475 e. The molecule has 3 aromatic rings. The van der Waals surface area contributed by atoms with Crippen LogP contribution in [0.2, 0.25) is 5.02 Å². The van der Waals surface area contributed by atoms with Gasteiger partial charge in [-0.25, -0.2) is 4.79 Å². The van der Waals surface area contributed by atoms with Crippen LogP contribution in [-0.2, 0) is 22.7 Å². The minimum absolute atomic E-state index is 0.00507. The van der Waals surface area contributed by atoms with Gasteiger partial charge in [0.25, 0.3) is 5.91 Å². The van der Waals surface area contributed by atoms with Crippen LogP contribution >= 0.6 is 11.6 Å². The standard InChI is InChI=1S/C23H20ClN3O2.C2HF3O2/c24-19-9-7-17(8-10-19)23(29)26-14-18-3-1-2-4-21(18)27(22(28)15-26)13-16-5-11-20(25)12-6-16;3-2(4,5)1(6)7/h1-12H,13-15,25H2;(H,6,7). The lowest BCUT2D eigenvalue weighted by Gasteiger charge is -2.23. The van der Waals surface area contributed by atoms with Crippen LogP contribution in [0.25, 0.3) is 0 Å². The summed E-state index contributed by atoms with van der Waals surface area (Å²) >= 11 is 5.93. The molecule has 0 spiro atoms. The van der Waals surface area contributed by atoms with Crippen molar-refractivity contribution in [3.8, 4) is 0 Å². The number of nitrogens with zero attached hydrogens (tertiary/aromatic N) is 2. The van der Waals surface area contributed by atoms with Crippen LogP contribution in [0.5, 0.6) is 0 Å². The zero-order valence-corrected chi connectivity index (χ0v) is 19.5. The summed E-state index contributed by atoms with van der Waals surface area (Å²) in [6.45, 7) is 0.784. The van der Waals surface area contributed by atoms with Gasteiger partial charge >= 0.3 is 12.1 Å². The predicted molar refractivity (Wildman–Crippen MR) is 128 cm³/mol. The lowest BCUT2D eigenvalue weighted by molar-refractivity contribution is -0.192. The Kier molecular flexibility index (Phi) is 8.21. The van der Waals surface area contributed by atoms with Crippen LogP contribution in [0.3, 0.4) is 0 Å². The smallest absolute Gasteiger partial charge is 0.475 e. The highest BCUT2D eigenvalue weighted by Gasteiger charge is 2.38. The van der Waals surface area contributed by atoms with E-state index in [1.807, 2.05) is 48.5 Å². The van der Waals surface area contributed by atoms with Gasteiger partial charge < -0.3 is 20.6 Å². The summed E-state index contributed by atoms with van der Waals surface area (Å²) < 4.78 is 31.7. The number of nitrogen functional groups attached to an aromatic ring is 1. The lowest BCUT2D eigenvalue weighted by atomic mass is 10.1. The zero-order valence-electron chi connectivity index (χ0n) is 18.7. The maximum Gasteiger partial charge on any atom is 0.490 e. The molecule has 0 fully saturated rings. The molecule has 7 nitrogen and oxygen atoms in total. The molecule has 188 valence electrons. The second kappa shape index (κ2) is 11.1. The van der Waals surface area contributed by atoms with Gasteiger partial charge in [-0.3, -0.25) is 9.59 Å². The van der Waals surface area contributed by atoms with Crippen LogP contribution in [0.1, 0.15) is 21.5 Å². The molecule has 3 N–H and O–H groups in total. The number of carbonyl (C=O) groups is 3. The molecule has 0 aliphatic carbocycles. The predicted octanol–water partition coefficient (Wildman–Crippen LogP) is 4.74. The Balaban J connectivity index is 0.000000454. The summed E-state index contributed by atoms with van der Waals surface area (Å²) in [5.41, 5.74) is 9.67. The highest BCUT2D eigenvalue weighted by atomic mass is 35.5. The average Bonchev–Trinajstić information content (AvgIpc) is 2.97. The second-order valence-corrected chi connectivity index (χ2v) is 8.26. The minimum atomic E-state index is -5.08. The molecule has 0 saturated heterocycles. The molecule has 4 rings (SSSR count). The Bertz CT molecular complexity index is 1250. The number of carbonyl (C=O) groups excluding carboxylic acids is 2. The van der Waals surface area contributed by atoms with E-state index in [2.05, 4.69) is 0 Å². The number of para-hydroxylation sites is 1. The molecule has 11 heteroatoms. The van der Waals surface area contributed by atoms with Crippen molar-refractivity contribution < 1.29 is 32.7 Å². The number of fused-ring (bicyclic) bond motifs is 1. The van der Waals surface area contributed by atoms with Gasteiger partial charge in [-0.1, -0.05) is 41.9 Å². The van der Waals surface area contributed by atoms with E-state index >= 15 is 0 Å². The Hall–Kier alpha value is -4.05. The molecule has 0 saturated carbocycles. The number of anilines is 2. The first kappa shape index (κ1) is 26.6. The van der Waals surface area contributed by atoms with Crippen LogP contribution in [0, 0.1) is 0 Å². The third-order valence-electron chi connectivity index (χ3n) is 5.21. The quantitative estimate of drug-likeness (QED) is 0.486. The van der Waals surface area contributed by atoms with Crippen LogP contribution < -0.4 is 10.6 Å². The fraction of sp³-hybridized carbons (Fsp3) is 0.160. The number of amides is 2. The van der Waals surface area contributed by atoms with Gasteiger partial charge in [0.15, 0.2) is 0 Å². The maximum atomic E-state index is 13.1. The topological polar surface area (TPSA) is 104 Å². The van der Waals surface area contributed by atoms with Gasteiger partial charge in [0.1, 0.15) is 6.54 Å². The Morgan fingerprint density at radius 2 is 1.53 bits per heavy atom. The lowest BCUT2D eigenvalue weighted by Crippen LogP contribution is -2.39.